The van der Waals surface area contributed by atoms with Gasteiger partial charge in [0.05, 0.1) is 6.04 Å². The number of hydrogen-bond acceptors (Lipinski definition) is 4. The number of amides is 1. The minimum atomic E-state index is -1.07. The highest BCUT2D eigenvalue weighted by atomic mass is 16.4. The van der Waals surface area contributed by atoms with Crippen LogP contribution in [-0.4, -0.2) is 23.5 Å². The summed E-state index contributed by atoms with van der Waals surface area (Å²) in [6.07, 6.45) is 1.10. The van der Waals surface area contributed by atoms with Gasteiger partial charge in [-0.15, -0.1) is 0 Å². The number of nitrogens with zero attached hydrogens (tertiary/aromatic N) is 1. The van der Waals surface area contributed by atoms with Crippen molar-refractivity contribution in [2.24, 2.45) is 0 Å². The van der Waals surface area contributed by atoms with E-state index in [4.69, 9.17) is 10.4 Å². The first-order chi connectivity index (χ1) is 9.54. The average molecular weight is 273 g/mol. The summed E-state index contributed by atoms with van der Waals surface area (Å²) in [6, 6.07) is 10.8. The number of nitriles is 1. The highest BCUT2D eigenvalue weighted by Gasteiger charge is 2.13. The lowest BCUT2D eigenvalue weighted by Gasteiger charge is -2.13. The van der Waals surface area contributed by atoms with Crippen molar-refractivity contribution < 1.29 is 14.7 Å². The molecule has 1 atom stereocenters. The number of carboxylic acid groups (broad SMARTS) is 1. The molecule has 0 spiro atoms. The van der Waals surface area contributed by atoms with E-state index in [1.165, 1.54) is 0 Å². The molecule has 1 aromatic rings. The van der Waals surface area contributed by atoms with Crippen molar-refractivity contribution in [3.63, 3.8) is 0 Å². The molecule has 0 aliphatic rings. The zero-order valence-corrected chi connectivity index (χ0v) is 11.0. The Morgan fingerprint density at radius 1 is 1.40 bits per heavy atom. The Morgan fingerprint density at radius 2 is 2.05 bits per heavy atom. The first kappa shape index (κ1) is 15.2. The van der Waals surface area contributed by atoms with Gasteiger partial charge in [-0.2, -0.15) is 5.26 Å². The number of carboxylic acids is 1. The van der Waals surface area contributed by atoms with E-state index >= 15 is 0 Å². The summed E-state index contributed by atoms with van der Waals surface area (Å²) in [6.45, 7) is 1.44. The Kier molecular flexibility index (Phi) is 5.78. The number of aliphatic carboxylic acids is 1. The minimum absolute atomic E-state index is 0.172. The summed E-state index contributed by atoms with van der Waals surface area (Å²) in [7, 11) is 0. The smallest absolute Gasteiger partial charge is 0.322 e. The van der Waals surface area contributed by atoms with Gasteiger partial charge in [0.15, 0.2) is 0 Å². The van der Waals surface area contributed by atoms with E-state index in [0.29, 0.717) is 0 Å². The molecule has 1 amide bonds. The second-order valence-corrected chi connectivity index (χ2v) is 4.05. The molecule has 1 rings (SSSR count). The first-order valence-electron chi connectivity index (χ1n) is 5.96. The molecule has 0 aliphatic carbocycles. The highest BCUT2D eigenvalue weighted by Crippen LogP contribution is 2.11. The van der Waals surface area contributed by atoms with Gasteiger partial charge in [-0.1, -0.05) is 30.3 Å². The van der Waals surface area contributed by atoms with Crippen molar-refractivity contribution >= 4 is 11.9 Å². The second-order valence-electron chi connectivity index (χ2n) is 4.05. The number of carbonyl (C=O) groups excluding carboxylic acids is 1. The lowest BCUT2D eigenvalue weighted by Crippen LogP contribution is -2.29. The maximum atomic E-state index is 11.8. The molecule has 3 N–H and O–H groups in total. The number of rotatable bonds is 6. The number of benzene rings is 1. The molecule has 0 fully saturated rings. The lowest BCUT2D eigenvalue weighted by molar-refractivity contribution is -0.135. The van der Waals surface area contributed by atoms with Crippen LogP contribution in [0.1, 0.15) is 18.5 Å². The van der Waals surface area contributed by atoms with Crippen LogP contribution in [0.3, 0.4) is 0 Å². The van der Waals surface area contributed by atoms with Gasteiger partial charge in [0.2, 0.25) is 0 Å². The fourth-order valence-electron chi connectivity index (χ4n) is 1.49. The van der Waals surface area contributed by atoms with Gasteiger partial charge in [-0.25, -0.2) is 0 Å². The van der Waals surface area contributed by atoms with Crippen LogP contribution in [0.2, 0.25) is 0 Å². The molecular formula is C14H15N3O3. The minimum Gasteiger partial charge on any atom is -0.480 e. The quantitative estimate of drug-likeness (QED) is 0.529. The van der Waals surface area contributed by atoms with Gasteiger partial charge in [-0.05, 0) is 12.5 Å². The van der Waals surface area contributed by atoms with E-state index in [1.807, 2.05) is 30.3 Å². The molecule has 0 radical (unpaired) electrons. The van der Waals surface area contributed by atoms with Gasteiger partial charge >= 0.3 is 5.97 Å². The van der Waals surface area contributed by atoms with Crippen LogP contribution in [-0.2, 0) is 9.59 Å². The largest absolute Gasteiger partial charge is 0.480 e. The van der Waals surface area contributed by atoms with Gasteiger partial charge < -0.3 is 15.7 Å². The molecule has 0 aromatic heterocycles. The molecule has 1 unspecified atom stereocenters. The van der Waals surface area contributed by atoms with Crippen molar-refractivity contribution in [2.45, 2.75) is 13.0 Å². The van der Waals surface area contributed by atoms with Crippen LogP contribution in [0.5, 0.6) is 0 Å². The van der Waals surface area contributed by atoms with E-state index < -0.39 is 11.9 Å². The van der Waals surface area contributed by atoms with E-state index in [0.717, 1.165) is 11.8 Å². The Morgan fingerprint density at radius 3 is 2.60 bits per heavy atom. The molecule has 0 aliphatic heterocycles. The van der Waals surface area contributed by atoms with E-state index in [9.17, 15) is 9.59 Å². The molecule has 104 valence electrons. The van der Waals surface area contributed by atoms with Crippen LogP contribution >= 0.6 is 0 Å². The predicted molar refractivity (Wildman–Crippen MR) is 72.3 cm³/mol. The van der Waals surface area contributed by atoms with Gasteiger partial charge in [0.25, 0.3) is 5.91 Å². The molecule has 20 heavy (non-hydrogen) atoms. The summed E-state index contributed by atoms with van der Waals surface area (Å²) >= 11 is 0. The van der Waals surface area contributed by atoms with Crippen molar-refractivity contribution in [3.8, 4) is 6.07 Å². The van der Waals surface area contributed by atoms with Crippen molar-refractivity contribution in [3.05, 3.63) is 47.7 Å². The maximum Gasteiger partial charge on any atom is 0.322 e. The Bertz CT molecular complexity index is 547. The Labute approximate surface area is 116 Å². The van der Waals surface area contributed by atoms with Crippen LogP contribution in [0.25, 0.3) is 0 Å². The maximum absolute atomic E-state index is 11.8. The summed E-state index contributed by atoms with van der Waals surface area (Å²) in [5.41, 5.74) is 0.741. The molecule has 0 saturated carbocycles. The van der Waals surface area contributed by atoms with Gasteiger partial charge in [-0.3, -0.25) is 9.59 Å². The lowest BCUT2D eigenvalue weighted by atomic mass is 10.1. The van der Waals surface area contributed by atoms with Crippen LogP contribution in [0, 0.1) is 11.3 Å². The third-order valence-corrected chi connectivity index (χ3v) is 2.51. The fraction of sp³-hybridized carbons (Fsp3) is 0.214. The molecule has 1 aromatic carbocycles. The topological polar surface area (TPSA) is 102 Å². The average Bonchev–Trinajstić information content (AvgIpc) is 2.44. The Balaban J connectivity index is 2.64. The zero-order chi connectivity index (χ0) is 15.0. The van der Waals surface area contributed by atoms with Gasteiger partial charge in [0, 0.05) is 6.20 Å². The summed E-state index contributed by atoms with van der Waals surface area (Å²) < 4.78 is 0. The normalized spacial score (nSPS) is 12.1. The van der Waals surface area contributed by atoms with Gasteiger partial charge in [0.1, 0.15) is 18.2 Å². The summed E-state index contributed by atoms with van der Waals surface area (Å²) in [5.74, 6) is -1.63. The van der Waals surface area contributed by atoms with Crippen molar-refractivity contribution in [1.29, 1.82) is 5.26 Å². The summed E-state index contributed by atoms with van der Waals surface area (Å²) in [5, 5.41) is 22.4. The Hall–Kier alpha value is -2.81. The third kappa shape index (κ3) is 4.82. The van der Waals surface area contributed by atoms with E-state index in [-0.39, 0.29) is 18.2 Å². The van der Waals surface area contributed by atoms with Crippen LogP contribution in [0.15, 0.2) is 42.1 Å². The standard InChI is InChI=1S/C14H15N3O3/c1-10(11-5-3-2-4-6-11)17-14(20)12(7-15)8-16-9-13(18)19/h2-6,8,10,16H,9H2,1H3,(H,17,20)(H,18,19)/b12-8-. The zero-order valence-electron chi connectivity index (χ0n) is 11.0. The second kappa shape index (κ2) is 7.59. The predicted octanol–water partition coefficient (Wildman–Crippen LogP) is 0.945. The molecular weight excluding hydrogens is 258 g/mol. The molecule has 6 heteroatoms. The van der Waals surface area contributed by atoms with Crippen molar-refractivity contribution in [1.82, 2.24) is 10.6 Å². The summed E-state index contributed by atoms with van der Waals surface area (Å²) in [4.78, 5) is 22.2. The molecule has 0 bridgehead atoms. The molecule has 0 heterocycles. The number of hydrogen-bond donors (Lipinski definition) is 3. The number of carbonyl (C=O) groups is 2. The van der Waals surface area contributed by atoms with Crippen LogP contribution in [0.4, 0.5) is 0 Å². The monoisotopic (exact) mass is 273 g/mol. The molecule has 0 saturated heterocycles. The highest BCUT2D eigenvalue weighted by molar-refractivity contribution is 5.97. The fourth-order valence-corrected chi connectivity index (χ4v) is 1.49. The van der Waals surface area contributed by atoms with E-state index in [1.54, 1.807) is 13.0 Å². The SMILES string of the molecule is CC(NC(=O)/C(C#N)=C\NCC(=O)O)c1ccccc1. The van der Waals surface area contributed by atoms with Crippen LogP contribution < -0.4 is 10.6 Å². The number of nitrogens with one attached hydrogen (secondary N) is 2. The van der Waals surface area contributed by atoms with Crippen molar-refractivity contribution in [2.75, 3.05) is 6.54 Å². The third-order valence-electron chi connectivity index (χ3n) is 2.51. The van der Waals surface area contributed by atoms with E-state index in [2.05, 4.69) is 10.6 Å². The first-order valence-corrected chi connectivity index (χ1v) is 5.96. The molecule has 6 nitrogen and oxygen atoms in total.